The number of nitrogens with one attached hydrogen (secondary N) is 1. The molecule has 5 nitrogen and oxygen atoms in total. The molecule has 0 aliphatic carbocycles. The van der Waals surface area contributed by atoms with Crippen molar-refractivity contribution in [2.45, 2.75) is 53.4 Å². The van der Waals surface area contributed by atoms with Gasteiger partial charge in [-0.25, -0.2) is 4.98 Å². The zero-order chi connectivity index (χ0) is 22.0. The molecule has 2 saturated heterocycles. The molecular formula is C25H38N4OS. The standard InChI is InChI=1S/C25H38N4OS/c1-17-12-20(4)23-22(13-17)31-25(27-23)29-10-5-7-21(16-29)24(30)26-8-6-9-28-14-18(2)11-19(3)15-28/h12-13,18-19,21H,5-11,14-16H2,1-4H3,(H,26,30)/t18-,19-,21-/m0/s1. The number of anilines is 1. The summed E-state index contributed by atoms with van der Waals surface area (Å²) in [6.07, 6.45) is 4.42. The zero-order valence-corrected chi connectivity index (χ0v) is 20.4. The van der Waals surface area contributed by atoms with E-state index in [1.807, 2.05) is 0 Å². The predicted molar refractivity (Wildman–Crippen MR) is 131 cm³/mol. The van der Waals surface area contributed by atoms with Crippen molar-refractivity contribution < 1.29 is 4.79 Å². The van der Waals surface area contributed by atoms with Gasteiger partial charge < -0.3 is 15.1 Å². The largest absolute Gasteiger partial charge is 0.356 e. The van der Waals surface area contributed by atoms with Gasteiger partial charge in [-0.1, -0.05) is 31.3 Å². The second-order valence-corrected chi connectivity index (χ2v) is 11.1. The van der Waals surface area contributed by atoms with Crippen molar-refractivity contribution >= 4 is 32.6 Å². The summed E-state index contributed by atoms with van der Waals surface area (Å²) in [7, 11) is 0. The summed E-state index contributed by atoms with van der Waals surface area (Å²) in [4.78, 5) is 22.6. The molecule has 0 unspecified atom stereocenters. The summed E-state index contributed by atoms with van der Waals surface area (Å²) in [6.45, 7) is 15.0. The van der Waals surface area contributed by atoms with Crippen molar-refractivity contribution in [3.8, 4) is 0 Å². The molecule has 2 fully saturated rings. The van der Waals surface area contributed by atoms with E-state index in [1.54, 1.807) is 11.3 Å². The Bertz CT molecular complexity index is 900. The molecule has 1 aromatic carbocycles. The van der Waals surface area contributed by atoms with Crippen molar-refractivity contribution in [1.29, 1.82) is 0 Å². The number of likely N-dealkylation sites (tertiary alicyclic amines) is 1. The SMILES string of the molecule is Cc1cc(C)c2nc(N3CCC[C@H](C(=O)NCCCN4C[C@@H](C)C[C@H](C)C4)C3)sc2c1. The molecule has 1 amide bonds. The number of carbonyl (C=O) groups is 1. The van der Waals surface area contributed by atoms with Gasteiger partial charge >= 0.3 is 0 Å². The van der Waals surface area contributed by atoms with Gasteiger partial charge in [0.15, 0.2) is 5.13 Å². The number of carbonyl (C=O) groups excluding carboxylic acids is 1. The predicted octanol–water partition coefficient (Wildman–Crippen LogP) is 4.61. The monoisotopic (exact) mass is 442 g/mol. The van der Waals surface area contributed by atoms with E-state index in [4.69, 9.17) is 4.98 Å². The molecular weight excluding hydrogens is 404 g/mol. The first kappa shape index (κ1) is 22.5. The highest BCUT2D eigenvalue weighted by atomic mass is 32.1. The van der Waals surface area contributed by atoms with E-state index >= 15 is 0 Å². The molecule has 170 valence electrons. The Hall–Kier alpha value is -1.66. The van der Waals surface area contributed by atoms with Crippen LogP contribution < -0.4 is 10.2 Å². The maximum absolute atomic E-state index is 12.8. The van der Waals surface area contributed by atoms with Gasteiger partial charge in [-0.2, -0.15) is 0 Å². The lowest BCUT2D eigenvalue weighted by Gasteiger charge is -2.35. The summed E-state index contributed by atoms with van der Waals surface area (Å²) in [6, 6.07) is 4.42. The van der Waals surface area contributed by atoms with E-state index in [9.17, 15) is 4.79 Å². The van der Waals surface area contributed by atoms with E-state index in [-0.39, 0.29) is 11.8 Å². The molecule has 2 aromatic rings. The van der Waals surface area contributed by atoms with Crippen molar-refractivity contribution in [2.75, 3.05) is 44.2 Å². The number of aromatic nitrogens is 1. The molecule has 0 spiro atoms. The van der Waals surface area contributed by atoms with Gasteiger partial charge in [-0.05, 0) is 75.1 Å². The number of aryl methyl sites for hydroxylation is 2. The molecule has 0 radical (unpaired) electrons. The third-order valence-electron chi connectivity index (χ3n) is 6.78. The minimum absolute atomic E-state index is 0.0682. The highest BCUT2D eigenvalue weighted by Crippen LogP contribution is 2.33. The number of nitrogens with zero attached hydrogens (tertiary/aromatic N) is 3. The average Bonchev–Trinajstić information content (AvgIpc) is 3.15. The third kappa shape index (κ3) is 5.58. The number of benzene rings is 1. The number of thiazole rings is 1. The van der Waals surface area contributed by atoms with Crippen LogP contribution in [0.2, 0.25) is 0 Å². The van der Waals surface area contributed by atoms with Crippen LogP contribution in [0.3, 0.4) is 0 Å². The van der Waals surface area contributed by atoms with Gasteiger partial charge in [-0.3, -0.25) is 4.79 Å². The quantitative estimate of drug-likeness (QED) is 0.664. The molecule has 4 rings (SSSR count). The van der Waals surface area contributed by atoms with Gasteiger partial charge in [0, 0.05) is 32.7 Å². The lowest BCUT2D eigenvalue weighted by molar-refractivity contribution is -0.125. The molecule has 1 N–H and O–H groups in total. The number of rotatable bonds is 6. The van der Waals surface area contributed by atoms with Crippen LogP contribution in [-0.2, 0) is 4.79 Å². The van der Waals surface area contributed by atoms with E-state index in [1.165, 1.54) is 35.3 Å². The van der Waals surface area contributed by atoms with Crippen molar-refractivity contribution in [3.63, 3.8) is 0 Å². The molecule has 31 heavy (non-hydrogen) atoms. The average molecular weight is 443 g/mol. The molecule has 0 saturated carbocycles. The first-order chi connectivity index (χ1) is 14.9. The van der Waals surface area contributed by atoms with Gasteiger partial charge in [-0.15, -0.1) is 0 Å². The van der Waals surface area contributed by atoms with Gasteiger partial charge in [0.2, 0.25) is 5.91 Å². The highest BCUT2D eigenvalue weighted by molar-refractivity contribution is 7.22. The van der Waals surface area contributed by atoms with Crippen molar-refractivity contribution in [1.82, 2.24) is 15.2 Å². The van der Waals surface area contributed by atoms with Crippen LogP contribution in [0.15, 0.2) is 12.1 Å². The summed E-state index contributed by atoms with van der Waals surface area (Å²) in [5, 5.41) is 4.28. The Kier molecular flexibility index (Phi) is 7.17. The highest BCUT2D eigenvalue weighted by Gasteiger charge is 2.27. The smallest absolute Gasteiger partial charge is 0.224 e. The lowest BCUT2D eigenvalue weighted by Crippen LogP contribution is -2.44. The Morgan fingerprint density at radius 3 is 2.74 bits per heavy atom. The molecule has 2 aliphatic heterocycles. The minimum atomic E-state index is 0.0682. The number of fused-ring (bicyclic) bond motifs is 1. The summed E-state index contributed by atoms with van der Waals surface area (Å²) in [5.41, 5.74) is 3.63. The fraction of sp³-hybridized carbons (Fsp3) is 0.680. The Morgan fingerprint density at radius 2 is 1.97 bits per heavy atom. The van der Waals surface area contributed by atoms with Crippen LogP contribution in [-0.4, -0.2) is 55.1 Å². The van der Waals surface area contributed by atoms with E-state index in [2.05, 4.69) is 54.9 Å². The molecule has 3 atom stereocenters. The normalized spacial score (nSPS) is 25.2. The molecule has 1 aromatic heterocycles. The second kappa shape index (κ2) is 9.86. The minimum Gasteiger partial charge on any atom is -0.356 e. The van der Waals surface area contributed by atoms with Crippen LogP contribution >= 0.6 is 11.3 Å². The first-order valence-electron chi connectivity index (χ1n) is 12.0. The van der Waals surface area contributed by atoms with Crippen LogP contribution in [0.25, 0.3) is 10.2 Å². The van der Waals surface area contributed by atoms with Crippen LogP contribution in [0.5, 0.6) is 0 Å². The van der Waals surface area contributed by atoms with E-state index in [0.717, 1.165) is 67.9 Å². The van der Waals surface area contributed by atoms with Gasteiger partial charge in [0.1, 0.15) is 0 Å². The second-order valence-electron chi connectivity index (χ2n) is 10.1. The first-order valence-corrected chi connectivity index (χ1v) is 12.8. The van der Waals surface area contributed by atoms with Crippen molar-refractivity contribution in [3.05, 3.63) is 23.3 Å². The van der Waals surface area contributed by atoms with Crippen LogP contribution in [0.4, 0.5) is 5.13 Å². The molecule has 2 aliphatic rings. The van der Waals surface area contributed by atoms with Crippen molar-refractivity contribution in [2.24, 2.45) is 17.8 Å². The summed E-state index contributed by atoms with van der Waals surface area (Å²) in [5.74, 6) is 1.88. The Morgan fingerprint density at radius 1 is 1.19 bits per heavy atom. The molecule has 6 heteroatoms. The number of hydrogen-bond donors (Lipinski definition) is 1. The van der Waals surface area contributed by atoms with E-state index in [0.29, 0.717) is 0 Å². The number of piperidine rings is 2. The Balaban J connectivity index is 1.27. The number of amides is 1. The Labute approximate surface area is 191 Å². The van der Waals surface area contributed by atoms with Crippen LogP contribution in [0.1, 0.15) is 50.7 Å². The summed E-state index contributed by atoms with van der Waals surface area (Å²) < 4.78 is 1.25. The fourth-order valence-corrected chi connectivity index (χ4v) is 6.67. The van der Waals surface area contributed by atoms with Gasteiger partial charge in [0.25, 0.3) is 0 Å². The summed E-state index contributed by atoms with van der Waals surface area (Å²) >= 11 is 1.76. The fourth-order valence-electron chi connectivity index (χ4n) is 5.49. The topological polar surface area (TPSA) is 48.5 Å². The third-order valence-corrected chi connectivity index (χ3v) is 7.84. The maximum Gasteiger partial charge on any atom is 0.224 e. The lowest BCUT2D eigenvalue weighted by atomic mass is 9.92. The molecule has 3 heterocycles. The van der Waals surface area contributed by atoms with E-state index < -0.39 is 0 Å². The maximum atomic E-state index is 12.8. The zero-order valence-electron chi connectivity index (χ0n) is 19.6. The van der Waals surface area contributed by atoms with Crippen LogP contribution in [0, 0.1) is 31.6 Å². The van der Waals surface area contributed by atoms with Gasteiger partial charge in [0.05, 0.1) is 16.1 Å². The number of hydrogen-bond acceptors (Lipinski definition) is 5. The molecule has 0 bridgehead atoms.